The van der Waals surface area contributed by atoms with Crippen LogP contribution in [0.25, 0.3) is 0 Å². The van der Waals surface area contributed by atoms with Crippen LogP contribution in [-0.4, -0.2) is 59.3 Å². The molecule has 0 bridgehead atoms. The number of hydrogen-bond acceptors (Lipinski definition) is 5. The van der Waals surface area contributed by atoms with E-state index < -0.39 is 6.04 Å². The van der Waals surface area contributed by atoms with Crippen LogP contribution in [0.15, 0.2) is 5.51 Å². The van der Waals surface area contributed by atoms with Crippen LogP contribution >= 0.6 is 11.3 Å². The van der Waals surface area contributed by atoms with Crippen LogP contribution < -0.4 is 5.32 Å². The third-order valence-electron chi connectivity index (χ3n) is 4.22. The minimum atomic E-state index is -0.441. The van der Waals surface area contributed by atoms with Gasteiger partial charge in [0.2, 0.25) is 11.8 Å². The molecule has 0 saturated carbocycles. The number of likely N-dealkylation sites (tertiary alicyclic amines) is 1. The maximum absolute atomic E-state index is 12.3. The van der Waals surface area contributed by atoms with Gasteiger partial charge in [-0.2, -0.15) is 0 Å². The van der Waals surface area contributed by atoms with E-state index in [1.54, 1.807) is 18.3 Å². The first-order valence-corrected chi connectivity index (χ1v) is 8.88. The Kier molecular flexibility index (Phi) is 6.12. The second kappa shape index (κ2) is 7.88. The predicted octanol–water partition coefficient (Wildman–Crippen LogP) is 1.26. The van der Waals surface area contributed by atoms with Crippen molar-refractivity contribution in [2.24, 2.45) is 5.92 Å². The Hall–Kier alpha value is -1.47. The van der Waals surface area contributed by atoms with Crippen molar-refractivity contribution >= 4 is 23.2 Å². The first-order valence-electron chi connectivity index (χ1n) is 8.00. The second-order valence-corrected chi connectivity index (χ2v) is 7.36. The van der Waals surface area contributed by atoms with Crippen molar-refractivity contribution in [1.29, 1.82) is 0 Å². The largest absolute Gasteiger partial charge is 0.345 e. The summed E-state index contributed by atoms with van der Waals surface area (Å²) in [6.07, 6.45) is 1.02. The average Bonchev–Trinajstić information content (AvgIpc) is 3.07. The van der Waals surface area contributed by atoms with Gasteiger partial charge in [-0.05, 0) is 33.2 Å². The summed E-state index contributed by atoms with van der Waals surface area (Å²) in [5, 5.41) is 2.66. The number of nitrogens with zero attached hydrogens (tertiary/aromatic N) is 3. The topological polar surface area (TPSA) is 65.5 Å². The summed E-state index contributed by atoms with van der Waals surface area (Å²) in [7, 11) is 2.11. The highest BCUT2D eigenvalue weighted by molar-refractivity contribution is 7.09. The normalized spacial score (nSPS) is 19.2. The highest BCUT2D eigenvalue weighted by Gasteiger charge is 2.29. The molecule has 2 heterocycles. The molecule has 1 aromatic rings. The van der Waals surface area contributed by atoms with Gasteiger partial charge in [-0.15, -0.1) is 11.3 Å². The van der Waals surface area contributed by atoms with Crippen LogP contribution in [0.5, 0.6) is 0 Å². The van der Waals surface area contributed by atoms with Crippen molar-refractivity contribution < 1.29 is 9.59 Å². The Morgan fingerprint density at radius 2 is 2.30 bits per heavy atom. The highest BCUT2D eigenvalue weighted by atomic mass is 32.1. The van der Waals surface area contributed by atoms with Crippen LogP contribution in [-0.2, 0) is 16.1 Å². The lowest BCUT2D eigenvalue weighted by Crippen LogP contribution is -2.45. The lowest BCUT2D eigenvalue weighted by atomic mass is 10.1. The number of aromatic nitrogens is 1. The monoisotopic (exact) mass is 338 g/mol. The van der Waals surface area contributed by atoms with E-state index in [2.05, 4.69) is 22.2 Å². The Morgan fingerprint density at radius 1 is 1.57 bits per heavy atom. The van der Waals surface area contributed by atoms with Crippen LogP contribution in [0.2, 0.25) is 0 Å². The first-order chi connectivity index (χ1) is 10.9. The van der Waals surface area contributed by atoms with Gasteiger partial charge in [-0.3, -0.25) is 9.59 Å². The lowest BCUT2D eigenvalue weighted by Gasteiger charge is -2.23. The first kappa shape index (κ1) is 17.9. The maximum atomic E-state index is 12.3. The van der Waals surface area contributed by atoms with Crippen molar-refractivity contribution in [3.05, 3.63) is 16.1 Å². The molecule has 0 aliphatic carbocycles. The van der Waals surface area contributed by atoms with Crippen molar-refractivity contribution in [2.75, 3.05) is 26.7 Å². The third-order valence-corrected chi connectivity index (χ3v) is 5.14. The Morgan fingerprint density at radius 3 is 2.91 bits per heavy atom. The number of thiazole rings is 1. The van der Waals surface area contributed by atoms with E-state index in [9.17, 15) is 9.59 Å². The predicted molar refractivity (Wildman–Crippen MR) is 91.2 cm³/mol. The van der Waals surface area contributed by atoms with E-state index in [0.29, 0.717) is 5.92 Å². The van der Waals surface area contributed by atoms with E-state index in [-0.39, 0.29) is 11.8 Å². The minimum Gasteiger partial charge on any atom is -0.345 e. The van der Waals surface area contributed by atoms with Crippen LogP contribution in [0.1, 0.15) is 30.8 Å². The minimum absolute atomic E-state index is 0.0173. The molecule has 2 atom stereocenters. The molecule has 2 amide bonds. The molecule has 1 N–H and O–H groups in total. The summed E-state index contributed by atoms with van der Waals surface area (Å²) in [5.41, 5.74) is 2.99. The smallest absolute Gasteiger partial charge is 0.244 e. The zero-order valence-corrected chi connectivity index (χ0v) is 15.2. The molecule has 1 aliphatic heterocycles. The molecule has 1 aliphatic rings. The summed E-state index contributed by atoms with van der Waals surface area (Å²) >= 11 is 1.69. The lowest BCUT2D eigenvalue weighted by molar-refractivity contribution is -0.134. The fraction of sp³-hybridized carbons (Fsp3) is 0.688. The third kappa shape index (κ3) is 5.00. The fourth-order valence-electron chi connectivity index (χ4n) is 3.05. The number of rotatable bonds is 6. The van der Waals surface area contributed by atoms with Gasteiger partial charge in [0.1, 0.15) is 6.04 Å². The second-order valence-electron chi connectivity index (χ2n) is 6.42. The molecular weight excluding hydrogens is 312 g/mol. The highest BCUT2D eigenvalue weighted by Crippen LogP contribution is 2.20. The maximum Gasteiger partial charge on any atom is 0.244 e. The number of hydrogen-bond donors (Lipinski definition) is 1. The summed E-state index contributed by atoms with van der Waals surface area (Å²) in [6, 6.07) is -0.441. The zero-order valence-electron chi connectivity index (χ0n) is 14.3. The van der Waals surface area contributed by atoms with Crippen molar-refractivity contribution in [2.45, 2.75) is 39.8 Å². The molecule has 1 fully saturated rings. The summed E-state index contributed by atoms with van der Waals surface area (Å²) in [5.74, 6) is 0.339. The van der Waals surface area contributed by atoms with E-state index in [4.69, 9.17) is 0 Å². The van der Waals surface area contributed by atoms with Gasteiger partial charge >= 0.3 is 0 Å². The molecule has 1 aromatic heterocycles. The molecule has 6 nitrogen and oxygen atoms in total. The van der Waals surface area contributed by atoms with Gasteiger partial charge in [0.15, 0.2) is 0 Å². The molecule has 23 heavy (non-hydrogen) atoms. The number of carbonyl (C=O) groups is 2. The summed E-state index contributed by atoms with van der Waals surface area (Å²) in [4.78, 5) is 33.1. The van der Waals surface area contributed by atoms with Gasteiger partial charge in [0, 0.05) is 38.0 Å². The molecule has 0 unspecified atom stereocenters. The fourth-order valence-corrected chi connectivity index (χ4v) is 3.91. The van der Waals surface area contributed by atoms with Crippen molar-refractivity contribution in [3.8, 4) is 0 Å². The Labute approximate surface area is 141 Å². The standard InChI is InChI=1S/C16H26N4O2S/c1-11-15(23-10-17-11)9-19(4)7-14-5-6-20(8-14)16(22)12(2)18-13(3)21/h10,12,14H,5-9H2,1-4H3,(H,18,21)/t12-,14+/m0/s1. The number of nitrogens with one attached hydrogen (secondary N) is 1. The molecule has 1 saturated heterocycles. The molecule has 2 rings (SSSR count). The van der Waals surface area contributed by atoms with Gasteiger partial charge in [-0.1, -0.05) is 0 Å². The van der Waals surface area contributed by atoms with Crippen LogP contribution in [0.4, 0.5) is 0 Å². The molecule has 128 valence electrons. The van der Waals surface area contributed by atoms with Gasteiger partial charge in [0.05, 0.1) is 11.2 Å². The van der Waals surface area contributed by atoms with Gasteiger partial charge in [0.25, 0.3) is 0 Å². The Bertz CT molecular complexity index is 560. The number of carbonyl (C=O) groups excluding carboxylic acids is 2. The quantitative estimate of drug-likeness (QED) is 0.848. The van der Waals surface area contributed by atoms with Crippen molar-refractivity contribution in [3.63, 3.8) is 0 Å². The molecule has 0 aromatic carbocycles. The SMILES string of the molecule is CC(=O)N[C@@H](C)C(=O)N1CC[C@H](CN(C)Cc2scnc2C)C1. The number of aryl methyl sites for hydroxylation is 1. The van der Waals surface area contributed by atoms with E-state index in [0.717, 1.165) is 38.3 Å². The van der Waals surface area contributed by atoms with E-state index >= 15 is 0 Å². The Balaban J connectivity index is 1.79. The van der Waals surface area contributed by atoms with Gasteiger partial charge in [-0.25, -0.2) is 4.98 Å². The van der Waals surface area contributed by atoms with E-state index in [1.807, 2.05) is 17.3 Å². The molecule has 0 radical (unpaired) electrons. The zero-order chi connectivity index (χ0) is 17.0. The van der Waals surface area contributed by atoms with Crippen LogP contribution in [0, 0.1) is 12.8 Å². The summed E-state index contributed by atoms with van der Waals surface area (Å²) < 4.78 is 0. The molecular formula is C16H26N4O2S. The number of amides is 2. The van der Waals surface area contributed by atoms with Crippen molar-refractivity contribution in [1.82, 2.24) is 20.1 Å². The molecule has 7 heteroatoms. The van der Waals surface area contributed by atoms with Crippen LogP contribution in [0.3, 0.4) is 0 Å². The van der Waals surface area contributed by atoms with Gasteiger partial charge < -0.3 is 15.1 Å². The average molecular weight is 338 g/mol. The molecule has 0 spiro atoms. The van der Waals surface area contributed by atoms with E-state index in [1.165, 1.54) is 11.8 Å². The summed E-state index contributed by atoms with van der Waals surface area (Å²) in [6.45, 7) is 8.65.